The van der Waals surface area contributed by atoms with E-state index in [0.29, 0.717) is 18.8 Å². The smallest absolute Gasteiger partial charge is 0.231 e. The Bertz CT molecular complexity index is 686. The zero-order valence-electron chi connectivity index (χ0n) is 13.3. The topological polar surface area (TPSA) is 86.3 Å². The van der Waals surface area contributed by atoms with Crippen LogP contribution >= 0.6 is 0 Å². The van der Waals surface area contributed by atoms with E-state index in [9.17, 15) is 9.18 Å². The number of hydrogen-bond donors (Lipinski definition) is 1. The average Bonchev–Trinajstić information content (AvgIpc) is 3.20. The van der Waals surface area contributed by atoms with Gasteiger partial charge in [-0.15, -0.1) is 0 Å². The lowest BCUT2D eigenvalue weighted by molar-refractivity contribution is -0.119. The van der Waals surface area contributed by atoms with Crippen LogP contribution in [0.15, 0.2) is 30.9 Å². The molecule has 0 aliphatic carbocycles. The molecule has 0 saturated carbocycles. The molecule has 1 atom stereocenters. The number of amides is 1. The predicted molar refractivity (Wildman–Crippen MR) is 84.8 cm³/mol. The van der Waals surface area contributed by atoms with Crippen LogP contribution in [0, 0.1) is 5.82 Å². The monoisotopic (exact) mass is 333 g/mol. The van der Waals surface area contributed by atoms with E-state index < -0.39 is 11.7 Å². The molecule has 1 aromatic heterocycles. The van der Waals surface area contributed by atoms with Gasteiger partial charge < -0.3 is 10.5 Å². The molecule has 1 aliphatic rings. The Balaban J connectivity index is 1.71. The van der Waals surface area contributed by atoms with Crippen LogP contribution < -0.4 is 5.73 Å². The van der Waals surface area contributed by atoms with Crippen LogP contribution in [0.1, 0.15) is 18.4 Å². The van der Waals surface area contributed by atoms with Crippen molar-refractivity contribution >= 4 is 5.91 Å². The molecule has 7 nitrogen and oxygen atoms in total. The number of aromatic nitrogens is 3. The summed E-state index contributed by atoms with van der Waals surface area (Å²) >= 11 is 0. The second kappa shape index (κ2) is 7.50. The number of primary amides is 1. The zero-order chi connectivity index (χ0) is 16.9. The molecule has 1 aliphatic heterocycles. The van der Waals surface area contributed by atoms with Gasteiger partial charge in [0, 0.05) is 19.7 Å². The van der Waals surface area contributed by atoms with Gasteiger partial charge in [0.15, 0.2) is 0 Å². The molecule has 2 aromatic rings. The number of carbonyl (C=O) groups is 1. The van der Waals surface area contributed by atoms with Gasteiger partial charge in [0.25, 0.3) is 0 Å². The Morgan fingerprint density at radius 1 is 1.50 bits per heavy atom. The molecule has 1 saturated heterocycles. The van der Waals surface area contributed by atoms with Crippen molar-refractivity contribution in [3.05, 3.63) is 42.2 Å². The highest BCUT2D eigenvalue weighted by molar-refractivity contribution is 5.75. The highest BCUT2D eigenvalue weighted by atomic mass is 19.1. The van der Waals surface area contributed by atoms with Gasteiger partial charge in [0.1, 0.15) is 24.2 Å². The van der Waals surface area contributed by atoms with E-state index >= 15 is 0 Å². The Labute approximate surface area is 139 Å². The second-order valence-electron chi connectivity index (χ2n) is 5.90. The fourth-order valence-electron chi connectivity index (χ4n) is 2.91. The molecule has 1 aromatic carbocycles. The van der Waals surface area contributed by atoms with Gasteiger partial charge in [0.05, 0.1) is 12.6 Å². The number of benzene rings is 1. The van der Waals surface area contributed by atoms with E-state index in [1.54, 1.807) is 6.07 Å². The van der Waals surface area contributed by atoms with Gasteiger partial charge in [-0.2, -0.15) is 5.10 Å². The van der Waals surface area contributed by atoms with Crippen LogP contribution in [0.5, 0.6) is 0 Å². The first-order chi connectivity index (χ1) is 11.6. The van der Waals surface area contributed by atoms with Gasteiger partial charge in [-0.25, -0.2) is 14.1 Å². The lowest BCUT2D eigenvalue weighted by atomic mass is 10.1. The van der Waals surface area contributed by atoms with Crippen LogP contribution in [0.4, 0.5) is 4.39 Å². The molecule has 1 fully saturated rings. The van der Waals surface area contributed by atoms with E-state index in [1.807, 2.05) is 11.0 Å². The summed E-state index contributed by atoms with van der Waals surface area (Å²) in [6.07, 6.45) is 4.88. The first-order valence-corrected chi connectivity index (χ1v) is 7.87. The van der Waals surface area contributed by atoms with Crippen LogP contribution in [0.2, 0.25) is 0 Å². The zero-order valence-corrected chi connectivity index (χ0v) is 13.3. The van der Waals surface area contributed by atoms with Crippen molar-refractivity contribution in [2.24, 2.45) is 5.73 Å². The van der Waals surface area contributed by atoms with E-state index in [2.05, 4.69) is 10.1 Å². The summed E-state index contributed by atoms with van der Waals surface area (Å²) in [5, 5.41) is 3.92. The third-order valence-corrected chi connectivity index (χ3v) is 3.95. The molecule has 1 amide bonds. The number of carbonyl (C=O) groups excluding carboxylic acids is 1. The minimum Gasteiger partial charge on any atom is -0.377 e. The minimum atomic E-state index is -0.410. The van der Waals surface area contributed by atoms with E-state index in [-0.39, 0.29) is 12.6 Å². The van der Waals surface area contributed by atoms with Gasteiger partial charge in [0.2, 0.25) is 5.91 Å². The summed E-state index contributed by atoms with van der Waals surface area (Å²) in [6.45, 7) is 1.90. The van der Waals surface area contributed by atoms with Crippen molar-refractivity contribution in [3.63, 3.8) is 0 Å². The lowest BCUT2D eigenvalue weighted by Gasteiger charge is -2.24. The molecule has 8 heteroatoms. The van der Waals surface area contributed by atoms with Gasteiger partial charge in [-0.05, 0) is 30.5 Å². The maximum Gasteiger partial charge on any atom is 0.231 e. The Kier molecular flexibility index (Phi) is 5.17. The Morgan fingerprint density at radius 2 is 2.38 bits per heavy atom. The van der Waals surface area contributed by atoms with Crippen molar-refractivity contribution in [3.8, 4) is 5.69 Å². The molecule has 0 radical (unpaired) electrons. The molecule has 1 unspecified atom stereocenters. The third-order valence-electron chi connectivity index (χ3n) is 3.95. The minimum absolute atomic E-state index is 0.101. The fourth-order valence-corrected chi connectivity index (χ4v) is 2.91. The third kappa shape index (κ3) is 4.15. The Morgan fingerprint density at radius 3 is 3.00 bits per heavy atom. The second-order valence-corrected chi connectivity index (χ2v) is 5.90. The molecule has 0 spiro atoms. The summed E-state index contributed by atoms with van der Waals surface area (Å²) in [6, 6.07) is 4.90. The molecule has 2 heterocycles. The maximum absolute atomic E-state index is 14.3. The lowest BCUT2D eigenvalue weighted by Crippen LogP contribution is -2.38. The summed E-state index contributed by atoms with van der Waals surface area (Å²) in [5.41, 5.74) is 6.42. The molecule has 2 N–H and O–H groups in total. The van der Waals surface area contributed by atoms with Crippen LogP contribution in [-0.2, 0) is 16.1 Å². The van der Waals surface area contributed by atoms with E-state index in [4.69, 9.17) is 10.5 Å². The number of nitrogens with zero attached hydrogens (tertiary/aromatic N) is 4. The van der Waals surface area contributed by atoms with E-state index in [1.165, 1.54) is 23.4 Å². The fraction of sp³-hybridized carbons (Fsp3) is 0.438. The molecular formula is C16H20FN5O2. The first-order valence-electron chi connectivity index (χ1n) is 7.87. The summed E-state index contributed by atoms with van der Waals surface area (Å²) < 4.78 is 21.3. The quantitative estimate of drug-likeness (QED) is 0.813. The van der Waals surface area contributed by atoms with E-state index in [0.717, 1.165) is 25.0 Å². The number of hydrogen-bond acceptors (Lipinski definition) is 5. The summed E-state index contributed by atoms with van der Waals surface area (Å²) in [5.74, 6) is -0.804. The van der Waals surface area contributed by atoms with Gasteiger partial charge in [-0.3, -0.25) is 9.69 Å². The van der Waals surface area contributed by atoms with Crippen molar-refractivity contribution < 1.29 is 13.9 Å². The normalized spacial score (nSPS) is 17.5. The van der Waals surface area contributed by atoms with Crippen molar-refractivity contribution in [2.75, 3.05) is 19.7 Å². The number of halogens is 1. The molecule has 128 valence electrons. The highest BCUT2D eigenvalue weighted by Crippen LogP contribution is 2.18. The molecule has 24 heavy (non-hydrogen) atoms. The van der Waals surface area contributed by atoms with Crippen LogP contribution in [0.25, 0.3) is 5.69 Å². The highest BCUT2D eigenvalue weighted by Gasteiger charge is 2.20. The van der Waals surface area contributed by atoms with Crippen molar-refractivity contribution in [1.29, 1.82) is 0 Å². The van der Waals surface area contributed by atoms with Crippen LogP contribution in [-0.4, -0.2) is 51.4 Å². The maximum atomic E-state index is 14.3. The molecule has 0 bridgehead atoms. The van der Waals surface area contributed by atoms with Gasteiger partial charge in [-0.1, -0.05) is 6.07 Å². The molecular weight excluding hydrogens is 313 g/mol. The summed E-state index contributed by atoms with van der Waals surface area (Å²) in [7, 11) is 0. The molecule has 3 rings (SSSR count). The Hall–Kier alpha value is -2.32. The number of rotatable bonds is 7. The summed E-state index contributed by atoms with van der Waals surface area (Å²) in [4.78, 5) is 17.0. The first kappa shape index (κ1) is 16.5. The van der Waals surface area contributed by atoms with Crippen LogP contribution in [0.3, 0.4) is 0 Å². The predicted octanol–water partition coefficient (Wildman–Crippen LogP) is 0.873. The number of nitrogens with two attached hydrogens (primary N) is 1. The SMILES string of the molecule is NC(=O)CN(Cc1ccc(-n2cncn2)c(F)c1)CC1CCCO1. The largest absolute Gasteiger partial charge is 0.377 e. The average molecular weight is 333 g/mol. The van der Waals surface area contributed by atoms with Gasteiger partial charge >= 0.3 is 0 Å². The number of ether oxygens (including phenoxy) is 1. The van der Waals surface area contributed by atoms with Crippen molar-refractivity contribution in [1.82, 2.24) is 19.7 Å². The standard InChI is InChI=1S/C16H20FN5O2/c17-14-6-12(3-4-15(14)22-11-19-10-20-22)7-21(9-16(18)23)8-13-2-1-5-24-13/h3-4,6,10-11,13H,1-2,5,7-9H2,(H2,18,23). The van der Waals surface area contributed by atoms with Crippen molar-refractivity contribution in [2.45, 2.75) is 25.5 Å².